The summed E-state index contributed by atoms with van der Waals surface area (Å²) in [5.41, 5.74) is -0.822. The van der Waals surface area contributed by atoms with Gasteiger partial charge in [-0.1, -0.05) is 12.2 Å². The summed E-state index contributed by atoms with van der Waals surface area (Å²) in [4.78, 5) is 10.3. The molecule has 1 aromatic rings. The lowest BCUT2D eigenvalue weighted by molar-refractivity contribution is -0.138. The third-order valence-electron chi connectivity index (χ3n) is 2.39. The number of halogens is 3. The van der Waals surface area contributed by atoms with Crippen molar-refractivity contribution in [1.29, 1.82) is 0 Å². The highest BCUT2D eigenvalue weighted by Gasteiger charge is 2.32. The van der Waals surface area contributed by atoms with Gasteiger partial charge in [-0.2, -0.15) is 13.2 Å². The van der Waals surface area contributed by atoms with Crippen molar-refractivity contribution >= 4 is 12.0 Å². The summed E-state index contributed by atoms with van der Waals surface area (Å²) in [5, 5.41) is 8.44. The van der Waals surface area contributed by atoms with E-state index in [9.17, 15) is 18.0 Å². The molecule has 0 aromatic heterocycles. The molecule has 19 heavy (non-hydrogen) atoms. The van der Waals surface area contributed by atoms with Gasteiger partial charge in [0.15, 0.2) is 0 Å². The van der Waals surface area contributed by atoms with Gasteiger partial charge in [-0.15, -0.1) is 0 Å². The van der Waals surface area contributed by atoms with Crippen LogP contribution in [0, 0.1) is 0 Å². The van der Waals surface area contributed by atoms with E-state index in [-0.39, 0.29) is 18.4 Å². The summed E-state index contributed by atoms with van der Waals surface area (Å²) in [7, 11) is 1.36. The van der Waals surface area contributed by atoms with Crippen LogP contribution in [0.3, 0.4) is 0 Å². The smallest absolute Gasteiger partial charge is 0.416 e. The van der Waals surface area contributed by atoms with Crippen molar-refractivity contribution in [1.82, 2.24) is 0 Å². The molecule has 104 valence electrons. The molecule has 0 atom stereocenters. The maximum atomic E-state index is 12.8. The molecule has 3 nitrogen and oxygen atoms in total. The van der Waals surface area contributed by atoms with Crippen LogP contribution in [-0.2, 0) is 11.0 Å². The van der Waals surface area contributed by atoms with Gasteiger partial charge in [0.2, 0.25) is 0 Å². The van der Waals surface area contributed by atoms with Crippen molar-refractivity contribution in [2.24, 2.45) is 0 Å². The van der Waals surface area contributed by atoms with Crippen LogP contribution in [0.25, 0.3) is 6.08 Å². The maximum Gasteiger partial charge on any atom is 0.416 e. The fourth-order valence-electron chi connectivity index (χ4n) is 1.48. The topological polar surface area (TPSA) is 46.5 Å². The molecule has 1 N–H and O–H groups in total. The molecular formula is C13H13F3O3. The van der Waals surface area contributed by atoms with Crippen LogP contribution in [0.1, 0.15) is 24.0 Å². The van der Waals surface area contributed by atoms with E-state index in [1.807, 2.05) is 0 Å². The number of allylic oxidation sites excluding steroid dienone is 1. The molecule has 1 rings (SSSR count). The summed E-state index contributed by atoms with van der Waals surface area (Å²) in [5.74, 6) is -0.683. The van der Waals surface area contributed by atoms with Gasteiger partial charge in [-0.05, 0) is 30.2 Å². The van der Waals surface area contributed by atoms with Gasteiger partial charge in [-0.25, -0.2) is 0 Å². The SMILES string of the molecule is COc1ccc(C(F)(F)F)c(C=CCCC(=O)O)c1. The number of ether oxygens (including phenoxy) is 1. The molecule has 0 spiro atoms. The molecule has 0 bridgehead atoms. The van der Waals surface area contributed by atoms with Crippen molar-refractivity contribution < 1.29 is 27.8 Å². The molecule has 0 saturated carbocycles. The van der Waals surface area contributed by atoms with Crippen molar-refractivity contribution in [2.45, 2.75) is 19.0 Å². The standard InChI is InChI=1S/C13H13F3O3/c1-19-10-6-7-11(13(14,15)16)9(8-10)4-2-3-5-12(17)18/h2,4,6-8H,3,5H2,1H3,(H,17,18). The molecule has 0 amide bonds. The van der Waals surface area contributed by atoms with Gasteiger partial charge >= 0.3 is 12.1 Å². The van der Waals surface area contributed by atoms with Gasteiger partial charge in [0.1, 0.15) is 5.75 Å². The number of alkyl halides is 3. The Bertz CT molecular complexity index is 479. The van der Waals surface area contributed by atoms with Gasteiger partial charge in [-0.3, -0.25) is 4.79 Å². The minimum atomic E-state index is -4.46. The zero-order valence-corrected chi connectivity index (χ0v) is 10.2. The second kappa shape index (κ2) is 6.26. The van der Waals surface area contributed by atoms with Gasteiger partial charge in [0, 0.05) is 6.42 Å². The average Bonchev–Trinajstić information content (AvgIpc) is 2.32. The Labute approximate surface area is 108 Å². The number of carboxylic acid groups (broad SMARTS) is 1. The zero-order valence-electron chi connectivity index (χ0n) is 10.2. The maximum absolute atomic E-state index is 12.8. The lowest BCUT2D eigenvalue weighted by Crippen LogP contribution is -2.07. The van der Waals surface area contributed by atoms with Crippen LogP contribution < -0.4 is 4.74 Å². The zero-order chi connectivity index (χ0) is 14.5. The van der Waals surface area contributed by atoms with Crippen molar-refractivity contribution in [2.75, 3.05) is 7.11 Å². The highest BCUT2D eigenvalue weighted by Crippen LogP contribution is 2.34. The van der Waals surface area contributed by atoms with E-state index in [0.29, 0.717) is 5.75 Å². The molecule has 1 aromatic carbocycles. The van der Waals surface area contributed by atoms with Crippen LogP contribution in [0.2, 0.25) is 0 Å². The quantitative estimate of drug-likeness (QED) is 0.892. The van der Waals surface area contributed by atoms with Crippen molar-refractivity contribution in [3.8, 4) is 5.75 Å². The summed E-state index contributed by atoms with van der Waals surface area (Å²) in [6.45, 7) is 0. The van der Waals surface area contributed by atoms with Gasteiger partial charge in [0.25, 0.3) is 0 Å². The van der Waals surface area contributed by atoms with E-state index >= 15 is 0 Å². The first-order valence-electron chi connectivity index (χ1n) is 5.48. The normalized spacial score (nSPS) is 11.8. The molecule has 0 heterocycles. The predicted octanol–water partition coefficient (Wildman–Crippen LogP) is 3.59. The Kier molecular flexibility index (Phi) is 4.97. The first-order chi connectivity index (χ1) is 8.84. The van der Waals surface area contributed by atoms with E-state index < -0.39 is 17.7 Å². The summed E-state index contributed by atoms with van der Waals surface area (Å²) in [6.07, 6.45) is -1.75. The minimum absolute atomic E-state index is 0.0442. The Balaban J connectivity index is 2.98. The average molecular weight is 274 g/mol. The number of aliphatic carboxylic acids is 1. The largest absolute Gasteiger partial charge is 0.497 e. The third kappa shape index (κ3) is 4.65. The van der Waals surface area contributed by atoms with E-state index in [2.05, 4.69) is 0 Å². The fraction of sp³-hybridized carbons (Fsp3) is 0.308. The molecule has 0 aliphatic carbocycles. The number of carbonyl (C=O) groups is 1. The Morgan fingerprint density at radius 2 is 2.11 bits per heavy atom. The van der Waals surface area contributed by atoms with Gasteiger partial charge < -0.3 is 9.84 Å². The number of hydrogen-bond acceptors (Lipinski definition) is 2. The molecule has 0 fully saturated rings. The van der Waals surface area contributed by atoms with E-state index in [4.69, 9.17) is 9.84 Å². The molecule has 0 aliphatic rings. The number of methoxy groups -OCH3 is 1. The Morgan fingerprint density at radius 1 is 1.42 bits per heavy atom. The number of benzene rings is 1. The highest BCUT2D eigenvalue weighted by atomic mass is 19.4. The van der Waals surface area contributed by atoms with Crippen molar-refractivity contribution in [3.63, 3.8) is 0 Å². The van der Waals surface area contributed by atoms with Gasteiger partial charge in [0.05, 0.1) is 12.7 Å². The second-order valence-electron chi connectivity index (χ2n) is 3.79. The first-order valence-corrected chi connectivity index (χ1v) is 5.48. The summed E-state index contributed by atoms with van der Waals surface area (Å²) in [6, 6.07) is 3.44. The minimum Gasteiger partial charge on any atom is -0.497 e. The molecule has 0 aliphatic heterocycles. The highest BCUT2D eigenvalue weighted by molar-refractivity contribution is 5.67. The molecule has 0 saturated heterocycles. The monoisotopic (exact) mass is 274 g/mol. The van der Waals surface area contributed by atoms with Crippen molar-refractivity contribution in [3.05, 3.63) is 35.4 Å². The molecule has 0 unspecified atom stereocenters. The Morgan fingerprint density at radius 3 is 2.63 bits per heavy atom. The van der Waals surface area contributed by atoms with Crippen LogP contribution in [0.15, 0.2) is 24.3 Å². The number of rotatable bonds is 5. The second-order valence-corrected chi connectivity index (χ2v) is 3.79. The number of carboxylic acids is 1. The molecule has 0 radical (unpaired) electrons. The number of hydrogen-bond donors (Lipinski definition) is 1. The molecule has 6 heteroatoms. The first kappa shape index (κ1) is 15.1. The van der Waals surface area contributed by atoms with E-state index in [1.165, 1.54) is 31.4 Å². The lowest BCUT2D eigenvalue weighted by Gasteiger charge is -2.11. The lowest BCUT2D eigenvalue weighted by atomic mass is 10.1. The third-order valence-corrected chi connectivity index (χ3v) is 2.39. The van der Waals surface area contributed by atoms with E-state index in [1.54, 1.807) is 0 Å². The Hall–Kier alpha value is -1.98. The molecular weight excluding hydrogens is 261 g/mol. The van der Waals surface area contributed by atoms with Crippen LogP contribution in [0.5, 0.6) is 5.75 Å². The summed E-state index contributed by atoms with van der Waals surface area (Å²) >= 11 is 0. The van der Waals surface area contributed by atoms with E-state index in [0.717, 1.165) is 6.07 Å². The van der Waals surface area contributed by atoms with Crippen LogP contribution in [-0.4, -0.2) is 18.2 Å². The van der Waals surface area contributed by atoms with Crippen LogP contribution in [0.4, 0.5) is 13.2 Å². The van der Waals surface area contributed by atoms with Crippen LogP contribution >= 0.6 is 0 Å². The predicted molar refractivity (Wildman–Crippen MR) is 63.9 cm³/mol. The summed E-state index contributed by atoms with van der Waals surface area (Å²) < 4.78 is 43.1. The fourth-order valence-corrected chi connectivity index (χ4v) is 1.48.